The van der Waals surface area contributed by atoms with Crippen LogP contribution in [0, 0.1) is 0 Å². The van der Waals surface area contributed by atoms with Gasteiger partial charge in [0, 0.05) is 26.0 Å². The molecular weight excluding hydrogens is 322 g/mol. The van der Waals surface area contributed by atoms with Crippen LogP contribution in [-0.2, 0) is 23.8 Å². The Morgan fingerprint density at radius 2 is 2.20 bits per heavy atom. The second-order valence-corrected chi connectivity index (χ2v) is 6.08. The molecule has 0 saturated heterocycles. The molecule has 20 heavy (non-hydrogen) atoms. The van der Waals surface area contributed by atoms with Gasteiger partial charge in [-0.15, -0.1) is 0 Å². The minimum absolute atomic E-state index is 0.0528. The van der Waals surface area contributed by atoms with Crippen molar-refractivity contribution in [1.82, 2.24) is 24.9 Å². The number of nitrogens with zero attached hydrogens (tertiary/aromatic N) is 4. The SMILES string of the molecule is Cn1cc(CCNC(=O)C2(n3cc(Br)cn3)CC2)cn1. The van der Waals surface area contributed by atoms with E-state index in [1.807, 2.05) is 25.6 Å². The summed E-state index contributed by atoms with van der Waals surface area (Å²) in [5, 5.41) is 11.3. The number of rotatable bonds is 5. The summed E-state index contributed by atoms with van der Waals surface area (Å²) >= 11 is 3.36. The van der Waals surface area contributed by atoms with Crippen LogP contribution in [0.25, 0.3) is 0 Å². The quantitative estimate of drug-likeness (QED) is 0.892. The van der Waals surface area contributed by atoms with Crippen LogP contribution in [0.1, 0.15) is 18.4 Å². The van der Waals surface area contributed by atoms with Crippen LogP contribution in [0.15, 0.2) is 29.3 Å². The minimum atomic E-state index is -0.471. The lowest BCUT2D eigenvalue weighted by atomic mass is 10.2. The van der Waals surface area contributed by atoms with Gasteiger partial charge in [-0.25, -0.2) is 0 Å². The Morgan fingerprint density at radius 3 is 2.75 bits per heavy atom. The molecule has 0 aromatic carbocycles. The summed E-state index contributed by atoms with van der Waals surface area (Å²) in [6, 6.07) is 0. The molecule has 3 rings (SSSR count). The van der Waals surface area contributed by atoms with Gasteiger partial charge in [0.25, 0.3) is 0 Å². The van der Waals surface area contributed by atoms with Crippen LogP contribution in [-0.4, -0.2) is 32.0 Å². The number of hydrogen-bond donors (Lipinski definition) is 1. The fourth-order valence-corrected chi connectivity index (χ4v) is 2.58. The molecule has 1 N–H and O–H groups in total. The van der Waals surface area contributed by atoms with E-state index in [1.165, 1.54) is 0 Å². The summed E-state index contributed by atoms with van der Waals surface area (Å²) in [4.78, 5) is 12.3. The number of hydrogen-bond acceptors (Lipinski definition) is 3. The normalized spacial score (nSPS) is 16.1. The van der Waals surface area contributed by atoms with Crippen molar-refractivity contribution in [3.05, 3.63) is 34.8 Å². The second-order valence-electron chi connectivity index (χ2n) is 5.16. The van der Waals surface area contributed by atoms with Crippen molar-refractivity contribution in [3.63, 3.8) is 0 Å². The predicted octanol–water partition coefficient (Wildman–Crippen LogP) is 1.23. The van der Waals surface area contributed by atoms with E-state index in [0.29, 0.717) is 6.54 Å². The van der Waals surface area contributed by atoms with E-state index in [1.54, 1.807) is 15.6 Å². The summed E-state index contributed by atoms with van der Waals surface area (Å²) in [7, 11) is 1.89. The number of amides is 1. The van der Waals surface area contributed by atoms with Crippen LogP contribution in [0.3, 0.4) is 0 Å². The Labute approximate surface area is 125 Å². The Hall–Kier alpha value is -1.63. The maximum Gasteiger partial charge on any atom is 0.248 e. The number of nitrogens with one attached hydrogen (secondary N) is 1. The molecule has 2 aromatic rings. The summed E-state index contributed by atoms with van der Waals surface area (Å²) < 4.78 is 4.42. The van der Waals surface area contributed by atoms with Gasteiger partial charge in [-0.1, -0.05) is 0 Å². The van der Waals surface area contributed by atoms with Gasteiger partial charge in [-0.2, -0.15) is 10.2 Å². The van der Waals surface area contributed by atoms with Gasteiger partial charge in [0.1, 0.15) is 5.54 Å². The summed E-state index contributed by atoms with van der Waals surface area (Å²) in [6.45, 7) is 0.620. The lowest BCUT2D eigenvalue weighted by Gasteiger charge is -2.15. The average molecular weight is 338 g/mol. The van der Waals surface area contributed by atoms with Crippen LogP contribution in [0.4, 0.5) is 0 Å². The molecule has 0 bridgehead atoms. The molecule has 2 heterocycles. The van der Waals surface area contributed by atoms with Gasteiger partial charge >= 0.3 is 0 Å². The largest absolute Gasteiger partial charge is 0.354 e. The summed E-state index contributed by atoms with van der Waals surface area (Å²) in [5.41, 5.74) is 0.653. The van der Waals surface area contributed by atoms with Crippen LogP contribution < -0.4 is 5.32 Å². The highest BCUT2D eigenvalue weighted by atomic mass is 79.9. The van der Waals surface area contributed by atoms with E-state index in [9.17, 15) is 4.79 Å². The maximum atomic E-state index is 12.3. The molecule has 7 heteroatoms. The van der Waals surface area contributed by atoms with Gasteiger partial charge in [0.05, 0.1) is 16.9 Å². The highest BCUT2D eigenvalue weighted by Crippen LogP contribution is 2.43. The molecular formula is C13H16BrN5O. The van der Waals surface area contributed by atoms with Crippen LogP contribution >= 0.6 is 15.9 Å². The first-order valence-electron chi connectivity index (χ1n) is 6.57. The van der Waals surface area contributed by atoms with Gasteiger partial charge in [0.15, 0.2) is 0 Å². The van der Waals surface area contributed by atoms with E-state index >= 15 is 0 Å². The molecule has 1 aliphatic carbocycles. The molecule has 0 atom stereocenters. The predicted molar refractivity (Wildman–Crippen MR) is 77.1 cm³/mol. The van der Waals surface area contributed by atoms with Crippen molar-refractivity contribution in [2.45, 2.75) is 24.8 Å². The third kappa shape index (κ3) is 2.49. The van der Waals surface area contributed by atoms with Crippen molar-refractivity contribution in [2.24, 2.45) is 7.05 Å². The molecule has 1 saturated carbocycles. The van der Waals surface area contributed by atoms with E-state index in [-0.39, 0.29) is 5.91 Å². The Kier molecular flexibility index (Phi) is 3.37. The van der Waals surface area contributed by atoms with Gasteiger partial charge in [0.2, 0.25) is 5.91 Å². The van der Waals surface area contributed by atoms with E-state index < -0.39 is 5.54 Å². The molecule has 0 spiro atoms. The average Bonchev–Trinajstić information content (AvgIpc) is 2.96. The molecule has 106 valence electrons. The first-order valence-corrected chi connectivity index (χ1v) is 7.36. The van der Waals surface area contributed by atoms with E-state index in [4.69, 9.17) is 0 Å². The topological polar surface area (TPSA) is 64.7 Å². The zero-order valence-corrected chi connectivity index (χ0v) is 12.8. The fourth-order valence-electron chi connectivity index (χ4n) is 2.30. The third-order valence-electron chi connectivity index (χ3n) is 3.59. The van der Waals surface area contributed by atoms with Crippen molar-refractivity contribution in [3.8, 4) is 0 Å². The van der Waals surface area contributed by atoms with Crippen LogP contribution in [0.2, 0.25) is 0 Å². The lowest BCUT2D eigenvalue weighted by Crippen LogP contribution is -2.39. The zero-order valence-electron chi connectivity index (χ0n) is 11.2. The van der Waals surface area contributed by atoms with Crippen molar-refractivity contribution in [1.29, 1.82) is 0 Å². The first kappa shape index (κ1) is 13.4. The highest BCUT2D eigenvalue weighted by Gasteiger charge is 2.52. The fraction of sp³-hybridized carbons (Fsp3) is 0.462. The number of carbonyl (C=O) groups excluding carboxylic acids is 1. The maximum absolute atomic E-state index is 12.3. The van der Waals surface area contributed by atoms with E-state index in [2.05, 4.69) is 31.4 Å². The Bertz CT molecular complexity index is 628. The molecule has 1 amide bonds. The molecule has 0 radical (unpaired) electrons. The molecule has 1 fully saturated rings. The van der Waals surface area contributed by atoms with Crippen molar-refractivity contribution in [2.75, 3.05) is 6.54 Å². The lowest BCUT2D eigenvalue weighted by molar-refractivity contribution is -0.125. The molecule has 0 aliphatic heterocycles. The molecule has 0 unspecified atom stereocenters. The second kappa shape index (κ2) is 5.05. The van der Waals surface area contributed by atoms with Gasteiger partial charge in [-0.3, -0.25) is 14.2 Å². The third-order valence-corrected chi connectivity index (χ3v) is 4.00. The van der Waals surface area contributed by atoms with Crippen LogP contribution in [0.5, 0.6) is 0 Å². The number of aryl methyl sites for hydroxylation is 1. The standard InChI is InChI=1S/C13H16BrN5O/c1-18-8-10(6-16-18)2-5-15-12(20)13(3-4-13)19-9-11(14)7-17-19/h6-9H,2-5H2,1H3,(H,15,20). The molecule has 1 aliphatic rings. The summed E-state index contributed by atoms with van der Waals surface area (Å²) in [5.74, 6) is 0.0528. The van der Waals surface area contributed by atoms with Gasteiger partial charge in [-0.05, 0) is 40.8 Å². The summed E-state index contributed by atoms with van der Waals surface area (Å²) in [6.07, 6.45) is 9.84. The molecule has 2 aromatic heterocycles. The Balaban J connectivity index is 1.57. The minimum Gasteiger partial charge on any atom is -0.354 e. The smallest absolute Gasteiger partial charge is 0.248 e. The highest BCUT2D eigenvalue weighted by molar-refractivity contribution is 9.10. The molecule has 6 nitrogen and oxygen atoms in total. The monoisotopic (exact) mass is 337 g/mol. The van der Waals surface area contributed by atoms with Crippen molar-refractivity contribution >= 4 is 21.8 Å². The van der Waals surface area contributed by atoms with E-state index in [0.717, 1.165) is 29.3 Å². The number of carbonyl (C=O) groups is 1. The zero-order chi connectivity index (χ0) is 14.2. The Morgan fingerprint density at radius 1 is 1.40 bits per heavy atom. The number of aromatic nitrogens is 4. The first-order chi connectivity index (χ1) is 9.60. The van der Waals surface area contributed by atoms with Crippen molar-refractivity contribution < 1.29 is 4.79 Å². The van der Waals surface area contributed by atoms with Gasteiger partial charge < -0.3 is 5.32 Å². The number of halogens is 1.